The second kappa shape index (κ2) is 8.65. The number of hydrogen-bond donors (Lipinski definition) is 1. The Morgan fingerprint density at radius 3 is 2.50 bits per heavy atom. The molecule has 1 aliphatic carbocycles. The summed E-state index contributed by atoms with van der Waals surface area (Å²) >= 11 is 0. The quantitative estimate of drug-likeness (QED) is 0.789. The van der Waals surface area contributed by atoms with E-state index in [0.29, 0.717) is 18.9 Å². The fourth-order valence-corrected chi connectivity index (χ4v) is 4.08. The molecule has 0 radical (unpaired) electrons. The van der Waals surface area contributed by atoms with Crippen LogP contribution in [0, 0.1) is 0 Å². The molecule has 2 fully saturated rings. The molecule has 2 unspecified atom stereocenters. The zero-order valence-electron chi connectivity index (χ0n) is 15.8. The number of rotatable bonds is 7. The Morgan fingerprint density at radius 2 is 1.86 bits per heavy atom. The van der Waals surface area contributed by atoms with E-state index in [1.807, 2.05) is 0 Å². The summed E-state index contributed by atoms with van der Waals surface area (Å²) in [7, 11) is 0. The molecule has 2 aromatic rings. The van der Waals surface area contributed by atoms with Crippen LogP contribution in [-0.2, 0) is 9.53 Å². The molecule has 1 aliphatic heterocycles. The van der Waals surface area contributed by atoms with Crippen molar-refractivity contribution in [3.05, 3.63) is 48.3 Å². The van der Waals surface area contributed by atoms with Crippen LogP contribution in [0.1, 0.15) is 60.9 Å². The number of hydrogen-bond acceptors (Lipinski definition) is 5. The van der Waals surface area contributed by atoms with E-state index in [4.69, 9.17) is 13.6 Å². The average Bonchev–Trinajstić information content (AvgIpc) is 3.50. The first-order chi connectivity index (χ1) is 13.7. The van der Waals surface area contributed by atoms with Crippen molar-refractivity contribution >= 4 is 11.8 Å². The van der Waals surface area contributed by atoms with Gasteiger partial charge in [0.2, 0.25) is 0 Å². The second-order valence-corrected chi connectivity index (χ2v) is 7.48. The lowest BCUT2D eigenvalue weighted by Crippen LogP contribution is -2.48. The molecule has 28 heavy (non-hydrogen) atoms. The zero-order chi connectivity index (χ0) is 19.3. The highest BCUT2D eigenvalue weighted by Crippen LogP contribution is 2.28. The van der Waals surface area contributed by atoms with E-state index >= 15 is 0 Å². The van der Waals surface area contributed by atoms with Crippen LogP contribution < -0.4 is 5.32 Å². The highest BCUT2D eigenvalue weighted by atomic mass is 16.5. The standard InChI is InChI=1S/C21H26N2O5/c24-20(22-15-6-1-2-7-15)19(17-9-4-12-27-17)23(14-16-8-3-11-26-16)21(25)18-10-5-13-28-18/h4-5,9-10,12-13,15-16,19H,1-3,6-8,11,14H2,(H,22,24). The Hall–Kier alpha value is -2.54. The monoisotopic (exact) mass is 386 g/mol. The Morgan fingerprint density at radius 1 is 1.07 bits per heavy atom. The molecule has 0 aromatic carbocycles. The van der Waals surface area contributed by atoms with Crippen LogP contribution in [0.15, 0.2) is 45.6 Å². The molecule has 2 atom stereocenters. The van der Waals surface area contributed by atoms with Crippen molar-refractivity contribution in [2.75, 3.05) is 13.2 Å². The van der Waals surface area contributed by atoms with E-state index in [0.717, 1.165) is 38.5 Å². The Kier molecular flexibility index (Phi) is 5.81. The van der Waals surface area contributed by atoms with Crippen LogP contribution in [0.5, 0.6) is 0 Å². The summed E-state index contributed by atoms with van der Waals surface area (Å²) in [5.41, 5.74) is 0. The molecule has 2 aromatic heterocycles. The number of carbonyl (C=O) groups is 2. The summed E-state index contributed by atoms with van der Waals surface area (Å²) < 4.78 is 16.6. The number of carbonyl (C=O) groups excluding carboxylic acids is 2. The van der Waals surface area contributed by atoms with E-state index in [1.54, 1.807) is 24.3 Å². The lowest BCUT2D eigenvalue weighted by Gasteiger charge is -2.31. The predicted molar refractivity (Wildman–Crippen MR) is 101 cm³/mol. The van der Waals surface area contributed by atoms with Gasteiger partial charge in [-0.25, -0.2) is 0 Å². The van der Waals surface area contributed by atoms with Crippen LogP contribution >= 0.6 is 0 Å². The number of ether oxygens (including phenoxy) is 1. The van der Waals surface area contributed by atoms with E-state index in [2.05, 4.69) is 5.32 Å². The third-order valence-corrected chi connectivity index (χ3v) is 5.49. The summed E-state index contributed by atoms with van der Waals surface area (Å²) in [5, 5.41) is 3.11. The molecule has 0 bridgehead atoms. The summed E-state index contributed by atoms with van der Waals surface area (Å²) in [4.78, 5) is 28.0. The summed E-state index contributed by atoms with van der Waals surface area (Å²) in [6.07, 6.45) is 8.84. The van der Waals surface area contributed by atoms with E-state index in [1.165, 1.54) is 17.4 Å². The number of nitrogens with one attached hydrogen (secondary N) is 1. The normalized spacial score (nSPS) is 20.9. The number of furan rings is 2. The van der Waals surface area contributed by atoms with Crippen LogP contribution in [0.3, 0.4) is 0 Å². The number of amides is 2. The Bertz CT molecular complexity index is 759. The third-order valence-electron chi connectivity index (χ3n) is 5.49. The van der Waals surface area contributed by atoms with Crippen LogP contribution in [0.2, 0.25) is 0 Å². The van der Waals surface area contributed by atoms with Gasteiger partial charge in [-0.2, -0.15) is 0 Å². The molecule has 1 saturated heterocycles. The van der Waals surface area contributed by atoms with Gasteiger partial charge in [-0.05, 0) is 49.9 Å². The van der Waals surface area contributed by atoms with Gasteiger partial charge in [-0.1, -0.05) is 12.8 Å². The lowest BCUT2D eigenvalue weighted by molar-refractivity contribution is -0.127. The average molecular weight is 386 g/mol. The van der Waals surface area contributed by atoms with E-state index < -0.39 is 6.04 Å². The van der Waals surface area contributed by atoms with Crippen molar-refractivity contribution in [3.63, 3.8) is 0 Å². The molecule has 4 rings (SSSR count). The van der Waals surface area contributed by atoms with Gasteiger partial charge < -0.3 is 23.8 Å². The summed E-state index contributed by atoms with van der Waals surface area (Å²) in [6, 6.07) is 6.02. The first-order valence-corrected chi connectivity index (χ1v) is 10.0. The Balaban J connectivity index is 1.63. The highest BCUT2D eigenvalue weighted by molar-refractivity contribution is 5.95. The van der Waals surface area contributed by atoms with Gasteiger partial charge in [0.05, 0.1) is 18.6 Å². The van der Waals surface area contributed by atoms with Gasteiger partial charge in [-0.15, -0.1) is 0 Å². The largest absolute Gasteiger partial charge is 0.467 e. The van der Waals surface area contributed by atoms with Gasteiger partial charge in [0.1, 0.15) is 5.76 Å². The van der Waals surface area contributed by atoms with Gasteiger partial charge in [0, 0.05) is 19.2 Å². The van der Waals surface area contributed by atoms with Crippen molar-refractivity contribution < 1.29 is 23.2 Å². The van der Waals surface area contributed by atoms with Crippen molar-refractivity contribution in [3.8, 4) is 0 Å². The van der Waals surface area contributed by atoms with E-state index in [9.17, 15) is 9.59 Å². The van der Waals surface area contributed by atoms with Crippen LogP contribution in [0.4, 0.5) is 0 Å². The van der Waals surface area contributed by atoms with Crippen molar-refractivity contribution in [1.29, 1.82) is 0 Å². The van der Waals surface area contributed by atoms with Gasteiger partial charge in [-0.3, -0.25) is 9.59 Å². The minimum absolute atomic E-state index is 0.101. The lowest BCUT2D eigenvalue weighted by atomic mass is 10.1. The predicted octanol–water partition coefficient (Wildman–Crippen LogP) is 3.29. The second-order valence-electron chi connectivity index (χ2n) is 7.48. The maximum absolute atomic E-state index is 13.3. The molecule has 3 heterocycles. The number of nitrogens with zero attached hydrogens (tertiary/aromatic N) is 1. The molecule has 2 amide bonds. The molecular weight excluding hydrogens is 360 g/mol. The summed E-state index contributed by atoms with van der Waals surface area (Å²) in [6.45, 7) is 0.982. The topological polar surface area (TPSA) is 84.9 Å². The molecular formula is C21H26N2O5. The van der Waals surface area contributed by atoms with Gasteiger partial charge in [0.25, 0.3) is 11.8 Å². The van der Waals surface area contributed by atoms with Crippen molar-refractivity contribution in [2.45, 2.75) is 56.7 Å². The minimum Gasteiger partial charge on any atom is -0.467 e. The van der Waals surface area contributed by atoms with E-state index in [-0.39, 0.29) is 29.7 Å². The smallest absolute Gasteiger partial charge is 0.290 e. The van der Waals surface area contributed by atoms with Gasteiger partial charge >= 0.3 is 0 Å². The molecule has 1 saturated carbocycles. The molecule has 7 nitrogen and oxygen atoms in total. The minimum atomic E-state index is -0.864. The molecule has 7 heteroatoms. The van der Waals surface area contributed by atoms with Crippen molar-refractivity contribution in [1.82, 2.24) is 10.2 Å². The fourth-order valence-electron chi connectivity index (χ4n) is 4.08. The molecule has 150 valence electrons. The first kappa shape index (κ1) is 18.8. The highest BCUT2D eigenvalue weighted by Gasteiger charge is 2.38. The molecule has 0 spiro atoms. The fraction of sp³-hybridized carbons (Fsp3) is 0.524. The molecule has 1 N–H and O–H groups in total. The summed E-state index contributed by atoms with van der Waals surface area (Å²) in [5.74, 6) is 0.0693. The van der Waals surface area contributed by atoms with Crippen molar-refractivity contribution in [2.24, 2.45) is 0 Å². The maximum Gasteiger partial charge on any atom is 0.290 e. The first-order valence-electron chi connectivity index (χ1n) is 10.0. The zero-order valence-corrected chi connectivity index (χ0v) is 15.8. The Labute approximate surface area is 164 Å². The maximum atomic E-state index is 13.3. The molecule has 2 aliphatic rings. The van der Waals surface area contributed by atoms with Gasteiger partial charge in [0.15, 0.2) is 11.8 Å². The van der Waals surface area contributed by atoms with Crippen LogP contribution in [0.25, 0.3) is 0 Å². The van der Waals surface area contributed by atoms with Crippen LogP contribution in [-0.4, -0.2) is 42.0 Å². The third kappa shape index (κ3) is 4.14. The SMILES string of the molecule is O=C(NC1CCCC1)C(c1ccco1)N(CC1CCCO1)C(=O)c1ccco1.